The lowest BCUT2D eigenvalue weighted by atomic mass is 10.0. The van der Waals surface area contributed by atoms with Crippen molar-refractivity contribution >= 4 is 11.6 Å². The van der Waals surface area contributed by atoms with Gasteiger partial charge in [0.1, 0.15) is 5.75 Å². The van der Waals surface area contributed by atoms with Gasteiger partial charge in [-0.3, -0.25) is 0 Å². The molecule has 0 aliphatic carbocycles. The van der Waals surface area contributed by atoms with Crippen LogP contribution in [0.1, 0.15) is 11.1 Å². The smallest absolute Gasteiger partial charge is 0.137 e. The molecule has 2 rings (SSSR count). The molecule has 0 radical (unpaired) electrons. The molecule has 4 heteroatoms. The van der Waals surface area contributed by atoms with Gasteiger partial charge in [0.25, 0.3) is 0 Å². The van der Waals surface area contributed by atoms with Crippen LogP contribution in [0.4, 0.5) is 0 Å². The molecule has 0 atom stereocenters. The summed E-state index contributed by atoms with van der Waals surface area (Å²) in [6.07, 6.45) is 0.859. The Labute approximate surface area is 107 Å². The summed E-state index contributed by atoms with van der Waals surface area (Å²) in [5, 5.41) is 13.7. The van der Waals surface area contributed by atoms with E-state index in [-0.39, 0.29) is 5.75 Å². The molecule has 0 spiro atoms. The Hall–Kier alpha value is -0.770. The minimum absolute atomic E-state index is 0.252. The first-order valence-electron chi connectivity index (χ1n) is 6.08. The molecule has 94 valence electrons. The lowest BCUT2D eigenvalue weighted by molar-refractivity contribution is 0.243. The van der Waals surface area contributed by atoms with Gasteiger partial charge in [-0.25, -0.2) is 0 Å². The zero-order valence-electron chi connectivity index (χ0n) is 10.2. The van der Waals surface area contributed by atoms with Crippen molar-refractivity contribution in [1.29, 1.82) is 0 Å². The number of halogens is 1. The molecule has 0 bridgehead atoms. The van der Waals surface area contributed by atoms with Crippen molar-refractivity contribution in [1.82, 2.24) is 10.2 Å². The zero-order chi connectivity index (χ0) is 12.3. The van der Waals surface area contributed by atoms with Gasteiger partial charge in [0.05, 0.1) is 5.02 Å². The molecule has 0 aromatic heterocycles. The monoisotopic (exact) mass is 254 g/mol. The minimum Gasteiger partial charge on any atom is -0.506 e. The van der Waals surface area contributed by atoms with E-state index in [0.717, 1.165) is 50.3 Å². The molecule has 3 nitrogen and oxygen atoms in total. The van der Waals surface area contributed by atoms with Crippen molar-refractivity contribution in [2.75, 3.05) is 32.7 Å². The van der Waals surface area contributed by atoms with Crippen LogP contribution in [-0.2, 0) is 6.42 Å². The van der Waals surface area contributed by atoms with Gasteiger partial charge in [0.15, 0.2) is 0 Å². The molecule has 1 aliphatic rings. The van der Waals surface area contributed by atoms with E-state index < -0.39 is 0 Å². The summed E-state index contributed by atoms with van der Waals surface area (Å²) in [6, 6.07) is 3.72. The van der Waals surface area contributed by atoms with E-state index in [1.807, 2.05) is 13.0 Å². The van der Waals surface area contributed by atoms with Crippen LogP contribution in [-0.4, -0.2) is 42.7 Å². The first kappa shape index (κ1) is 12.7. The van der Waals surface area contributed by atoms with Gasteiger partial charge >= 0.3 is 0 Å². The summed E-state index contributed by atoms with van der Waals surface area (Å²) in [7, 11) is 0. The largest absolute Gasteiger partial charge is 0.506 e. The number of nitrogens with one attached hydrogen (secondary N) is 1. The van der Waals surface area contributed by atoms with Crippen molar-refractivity contribution in [3.63, 3.8) is 0 Å². The van der Waals surface area contributed by atoms with Gasteiger partial charge < -0.3 is 15.3 Å². The van der Waals surface area contributed by atoms with E-state index in [2.05, 4.69) is 10.2 Å². The first-order valence-corrected chi connectivity index (χ1v) is 6.46. The second-order valence-corrected chi connectivity index (χ2v) is 4.94. The Morgan fingerprint density at radius 3 is 2.76 bits per heavy atom. The Kier molecular flexibility index (Phi) is 4.26. The summed E-state index contributed by atoms with van der Waals surface area (Å²) in [6.45, 7) is 7.28. The SMILES string of the molecule is Cc1ccc(Cl)c(O)c1CCN1CCNCC1. The predicted octanol–water partition coefficient (Wildman–Crippen LogP) is 1.80. The van der Waals surface area contributed by atoms with Crippen LogP contribution < -0.4 is 5.32 Å². The average Bonchev–Trinajstić information content (AvgIpc) is 2.35. The third-order valence-electron chi connectivity index (χ3n) is 3.36. The van der Waals surface area contributed by atoms with Crippen LogP contribution in [0.25, 0.3) is 0 Å². The van der Waals surface area contributed by atoms with Crippen LogP contribution in [0.3, 0.4) is 0 Å². The number of rotatable bonds is 3. The molecule has 1 saturated heterocycles. The maximum absolute atomic E-state index is 9.95. The Morgan fingerprint density at radius 2 is 2.06 bits per heavy atom. The molecule has 1 heterocycles. The third-order valence-corrected chi connectivity index (χ3v) is 3.66. The second kappa shape index (κ2) is 5.71. The van der Waals surface area contributed by atoms with Crippen LogP contribution in [0.2, 0.25) is 5.02 Å². The maximum atomic E-state index is 9.95. The Balaban J connectivity index is 2.00. The standard InChI is InChI=1S/C13H19ClN2O/c1-10-2-3-12(14)13(17)11(10)4-7-16-8-5-15-6-9-16/h2-3,15,17H,4-9H2,1H3. The van der Waals surface area contributed by atoms with Crippen LogP contribution >= 0.6 is 11.6 Å². The number of aryl methyl sites for hydroxylation is 1. The average molecular weight is 255 g/mol. The molecule has 17 heavy (non-hydrogen) atoms. The summed E-state index contributed by atoms with van der Waals surface area (Å²) >= 11 is 5.93. The van der Waals surface area contributed by atoms with Crippen LogP contribution in [0, 0.1) is 6.92 Å². The van der Waals surface area contributed by atoms with Gasteiger partial charge in [-0.15, -0.1) is 0 Å². The highest BCUT2D eigenvalue weighted by Gasteiger charge is 2.13. The van der Waals surface area contributed by atoms with Gasteiger partial charge in [-0.1, -0.05) is 17.7 Å². The summed E-state index contributed by atoms with van der Waals surface area (Å²) in [4.78, 5) is 2.41. The number of phenolic OH excluding ortho intramolecular Hbond substituents is 1. The minimum atomic E-state index is 0.252. The van der Waals surface area contributed by atoms with E-state index >= 15 is 0 Å². The highest BCUT2D eigenvalue weighted by molar-refractivity contribution is 6.32. The van der Waals surface area contributed by atoms with E-state index in [1.54, 1.807) is 6.07 Å². The molecule has 0 saturated carbocycles. The molecular formula is C13H19ClN2O. The quantitative estimate of drug-likeness (QED) is 0.864. The fourth-order valence-corrected chi connectivity index (χ4v) is 2.41. The number of nitrogens with zero attached hydrogens (tertiary/aromatic N) is 1. The number of piperazine rings is 1. The van der Waals surface area contributed by atoms with Gasteiger partial charge in [0.2, 0.25) is 0 Å². The topological polar surface area (TPSA) is 35.5 Å². The highest BCUT2D eigenvalue weighted by atomic mass is 35.5. The highest BCUT2D eigenvalue weighted by Crippen LogP contribution is 2.30. The number of phenols is 1. The maximum Gasteiger partial charge on any atom is 0.137 e. The molecular weight excluding hydrogens is 236 g/mol. The fraction of sp³-hybridized carbons (Fsp3) is 0.538. The number of benzene rings is 1. The van der Waals surface area contributed by atoms with Crippen molar-refractivity contribution in [3.8, 4) is 5.75 Å². The van der Waals surface area contributed by atoms with Crippen molar-refractivity contribution in [2.45, 2.75) is 13.3 Å². The second-order valence-electron chi connectivity index (χ2n) is 4.53. The molecule has 0 unspecified atom stereocenters. The molecule has 2 N–H and O–H groups in total. The van der Waals surface area contributed by atoms with Crippen LogP contribution in [0.5, 0.6) is 5.75 Å². The first-order chi connectivity index (χ1) is 8.18. The van der Waals surface area contributed by atoms with Gasteiger partial charge in [-0.2, -0.15) is 0 Å². The van der Waals surface area contributed by atoms with Gasteiger partial charge in [0, 0.05) is 32.7 Å². The predicted molar refractivity (Wildman–Crippen MR) is 70.9 cm³/mol. The van der Waals surface area contributed by atoms with Crippen molar-refractivity contribution in [2.24, 2.45) is 0 Å². The zero-order valence-corrected chi connectivity index (χ0v) is 10.9. The lowest BCUT2D eigenvalue weighted by Crippen LogP contribution is -2.44. The Morgan fingerprint density at radius 1 is 1.35 bits per heavy atom. The Bertz CT molecular complexity index is 389. The lowest BCUT2D eigenvalue weighted by Gasteiger charge is -2.27. The van der Waals surface area contributed by atoms with E-state index in [4.69, 9.17) is 11.6 Å². The summed E-state index contributed by atoms with van der Waals surface area (Å²) in [5.74, 6) is 0.252. The molecule has 1 aromatic carbocycles. The molecule has 1 fully saturated rings. The van der Waals surface area contributed by atoms with Crippen molar-refractivity contribution in [3.05, 3.63) is 28.3 Å². The van der Waals surface area contributed by atoms with E-state index in [1.165, 1.54) is 0 Å². The van der Waals surface area contributed by atoms with E-state index in [0.29, 0.717) is 5.02 Å². The van der Waals surface area contributed by atoms with Gasteiger partial charge in [-0.05, 0) is 30.5 Å². The summed E-state index contributed by atoms with van der Waals surface area (Å²) in [5.41, 5.74) is 2.10. The number of hydrogen-bond acceptors (Lipinski definition) is 3. The molecule has 1 aromatic rings. The van der Waals surface area contributed by atoms with Crippen LogP contribution in [0.15, 0.2) is 12.1 Å². The number of aromatic hydroxyl groups is 1. The number of hydrogen-bond donors (Lipinski definition) is 2. The fourth-order valence-electron chi connectivity index (χ4n) is 2.23. The third kappa shape index (κ3) is 3.12. The summed E-state index contributed by atoms with van der Waals surface area (Å²) < 4.78 is 0. The normalized spacial score (nSPS) is 17.3. The molecule has 0 amide bonds. The van der Waals surface area contributed by atoms with Crippen molar-refractivity contribution < 1.29 is 5.11 Å². The molecule has 1 aliphatic heterocycles. The van der Waals surface area contributed by atoms with E-state index in [9.17, 15) is 5.11 Å².